The second-order valence-corrected chi connectivity index (χ2v) is 3.71. The Morgan fingerprint density at radius 1 is 1.53 bits per heavy atom. The topological polar surface area (TPSA) is 94.0 Å². The fraction of sp³-hybridized carbons (Fsp3) is 0.154. The predicted molar refractivity (Wildman–Crippen MR) is 69.4 cm³/mol. The lowest BCUT2D eigenvalue weighted by Crippen LogP contribution is -2.13. The molecule has 0 atom stereocenters. The van der Waals surface area contributed by atoms with E-state index < -0.39 is 0 Å². The Labute approximate surface area is 110 Å². The highest BCUT2D eigenvalue weighted by atomic mass is 16.5. The van der Waals surface area contributed by atoms with Gasteiger partial charge >= 0.3 is 0 Å². The number of aryl methyl sites for hydroxylation is 1. The molecule has 0 fully saturated rings. The average Bonchev–Trinajstić information content (AvgIpc) is 2.83. The molecule has 2 rings (SSSR count). The van der Waals surface area contributed by atoms with Crippen LogP contribution in [0.4, 0.5) is 5.82 Å². The fourth-order valence-corrected chi connectivity index (χ4v) is 1.38. The highest BCUT2D eigenvalue weighted by Crippen LogP contribution is 2.08. The van der Waals surface area contributed by atoms with Gasteiger partial charge in [-0.3, -0.25) is 4.79 Å². The van der Waals surface area contributed by atoms with Crippen LogP contribution >= 0.6 is 0 Å². The Morgan fingerprint density at radius 2 is 2.37 bits per heavy atom. The van der Waals surface area contributed by atoms with E-state index in [1.54, 1.807) is 31.3 Å². The van der Waals surface area contributed by atoms with Crippen molar-refractivity contribution in [1.82, 2.24) is 10.1 Å². The maximum atomic E-state index is 11.8. The van der Waals surface area contributed by atoms with E-state index in [0.29, 0.717) is 11.6 Å². The Balaban J connectivity index is 2.13. The van der Waals surface area contributed by atoms with Gasteiger partial charge in [-0.1, -0.05) is 17.0 Å². The van der Waals surface area contributed by atoms with Crippen molar-refractivity contribution in [1.29, 1.82) is 0 Å². The van der Waals surface area contributed by atoms with Crippen LogP contribution in [0.1, 0.15) is 21.8 Å². The molecule has 19 heavy (non-hydrogen) atoms. The number of carbonyl (C=O) groups is 1. The van der Waals surface area contributed by atoms with Crippen LogP contribution in [0, 0.1) is 18.8 Å². The van der Waals surface area contributed by atoms with Crippen molar-refractivity contribution >= 4 is 11.7 Å². The van der Waals surface area contributed by atoms with E-state index in [0.717, 1.165) is 5.56 Å². The van der Waals surface area contributed by atoms with Crippen molar-refractivity contribution in [2.75, 3.05) is 11.9 Å². The molecule has 2 aromatic rings. The van der Waals surface area contributed by atoms with Crippen LogP contribution in [0.3, 0.4) is 0 Å². The Morgan fingerprint density at radius 3 is 3.05 bits per heavy atom. The van der Waals surface area contributed by atoms with E-state index in [2.05, 4.69) is 27.3 Å². The van der Waals surface area contributed by atoms with Gasteiger partial charge in [-0.2, -0.15) is 0 Å². The maximum absolute atomic E-state index is 11.8. The Kier molecular flexibility index (Phi) is 3.90. The zero-order valence-corrected chi connectivity index (χ0v) is 10.3. The van der Waals surface area contributed by atoms with Gasteiger partial charge in [0.05, 0.1) is 6.54 Å². The van der Waals surface area contributed by atoms with Gasteiger partial charge in [-0.25, -0.2) is 4.98 Å². The van der Waals surface area contributed by atoms with E-state index in [4.69, 9.17) is 10.3 Å². The summed E-state index contributed by atoms with van der Waals surface area (Å²) in [5, 5.41) is 6.24. The van der Waals surface area contributed by atoms with Crippen LogP contribution in [0.15, 0.2) is 28.9 Å². The van der Waals surface area contributed by atoms with E-state index in [1.165, 1.54) is 0 Å². The number of hydrogen-bond donors (Lipinski definition) is 2. The van der Waals surface area contributed by atoms with Crippen LogP contribution in [-0.2, 0) is 0 Å². The van der Waals surface area contributed by atoms with E-state index in [9.17, 15) is 4.79 Å². The summed E-state index contributed by atoms with van der Waals surface area (Å²) in [6, 6.07) is 4.94. The zero-order chi connectivity index (χ0) is 13.7. The quantitative estimate of drug-likeness (QED) is 0.780. The van der Waals surface area contributed by atoms with Gasteiger partial charge in [0.1, 0.15) is 11.6 Å². The van der Waals surface area contributed by atoms with Gasteiger partial charge in [-0.15, -0.1) is 0 Å². The molecular formula is C13H12N4O2. The number of nitrogens with one attached hydrogen (secondary N) is 1. The molecule has 0 saturated carbocycles. The molecule has 0 unspecified atom stereocenters. The number of anilines is 1. The van der Waals surface area contributed by atoms with E-state index in [1.807, 2.05) is 0 Å². The summed E-state index contributed by atoms with van der Waals surface area (Å²) in [6.45, 7) is 1.99. The summed E-state index contributed by atoms with van der Waals surface area (Å²) in [5.74, 6) is 6.18. The highest BCUT2D eigenvalue weighted by Gasteiger charge is 2.11. The number of nitrogens with zero attached hydrogens (tertiary/aromatic N) is 2. The van der Waals surface area contributed by atoms with Gasteiger partial charge in [0.2, 0.25) is 0 Å². The molecule has 6 heteroatoms. The number of hydrogen-bond acceptors (Lipinski definition) is 5. The summed E-state index contributed by atoms with van der Waals surface area (Å²) in [6.07, 6.45) is 1.56. The second-order valence-electron chi connectivity index (χ2n) is 3.71. The number of nitrogens with two attached hydrogens (primary N) is 1. The smallest absolute Gasteiger partial charge is 0.279 e. The minimum atomic E-state index is -0.381. The monoisotopic (exact) mass is 256 g/mol. The summed E-state index contributed by atoms with van der Waals surface area (Å²) in [5.41, 5.74) is 6.23. The fourth-order valence-electron chi connectivity index (χ4n) is 1.38. The van der Waals surface area contributed by atoms with Crippen molar-refractivity contribution in [3.63, 3.8) is 0 Å². The third-order valence-corrected chi connectivity index (χ3v) is 2.20. The molecule has 3 N–H and O–H groups in total. The van der Waals surface area contributed by atoms with E-state index >= 15 is 0 Å². The molecule has 1 amide bonds. The zero-order valence-electron chi connectivity index (χ0n) is 10.3. The number of pyridine rings is 1. The molecule has 6 nitrogen and oxygen atoms in total. The lowest BCUT2D eigenvalue weighted by molar-refractivity contribution is 0.101. The van der Waals surface area contributed by atoms with Crippen molar-refractivity contribution < 1.29 is 9.32 Å². The molecule has 0 saturated heterocycles. The molecule has 2 heterocycles. The van der Waals surface area contributed by atoms with Crippen molar-refractivity contribution in [3.05, 3.63) is 41.4 Å². The van der Waals surface area contributed by atoms with Crippen molar-refractivity contribution in [3.8, 4) is 11.8 Å². The molecule has 0 aliphatic rings. The van der Waals surface area contributed by atoms with Crippen LogP contribution < -0.4 is 11.1 Å². The molecule has 0 aliphatic heterocycles. The lowest BCUT2D eigenvalue weighted by atomic mass is 10.2. The summed E-state index contributed by atoms with van der Waals surface area (Å²) in [7, 11) is 0. The van der Waals surface area contributed by atoms with Gasteiger partial charge in [0.25, 0.3) is 5.91 Å². The molecule has 0 spiro atoms. The molecule has 0 aliphatic carbocycles. The Hall–Kier alpha value is -2.65. The van der Waals surface area contributed by atoms with Crippen molar-refractivity contribution in [2.24, 2.45) is 5.73 Å². The molecular weight excluding hydrogens is 244 g/mol. The summed E-state index contributed by atoms with van der Waals surface area (Å²) in [4.78, 5) is 15.9. The average molecular weight is 256 g/mol. The van der Waals surface area contributed by atoms with Gasteiger partial charge in [-0.05, 0) is 19.1 Å². The summed E-state index contributed by atoms with van der Waals surface area (Å²) < 4.78 is 4.83. The first-order valence-corrected chi connectivity index (χ1v) is 5.58. The SMILES string of the molecule is Cc1cc(C(=O)Nc2cc(C#CCN)ccn2)no1. The highest BCUT2D eigenvalue weighted by molar-refractivity contribution is 6.02. The number of aromatic nitrogens is 2. The number of amides is 1. The molecule has 0 radical (unpaired) electrons. The van der Waals surface area contributed by atoms with Crippen LogP contribution in [-0.4, -0.2) is 22.6 Å². The van der Waals surface area contributed by atoms with Gasteiger partial charge in [0, 0.05) is 17.8 Å². The number of carbonyl (C=O) groups excluding carboxylic acids is 1. The van der Waals surface area contributed by atoms with Crippen LogP contribution in [0.25, 0.3) is 0 Å². The summed E-state index contributed by atoms with van der Waals surface area (Å²) >= 11 is 0. The van der Waals surface area contributed by atoms with Gasteiger partial charge in [0.15, 0.2) is 5.69 Å². The first-order chi connectivity index (χ1) is 9.19. The predicted octanol–water partition coefficient (Wildman–Crippen LogP) is 0.941. The Bertz CT molecular complexity index is 652. The first-order valence-electron chi connectivity index (χ1n) is 5.58. The van der Waals surface area contributed by atoms with E-state index in [-0.39, 0.29) is 18.1 Å². The third kappa shape index (κ3) is 3.40. The minimum Gasteiger partial charge on any atom is -0.361 e. The molecule has 0 bridgehead atoms. The molecule has 2 aromatic heterocycles. The van der Waals surface area contributed by atoms with Gasteiger partial charge < -0.3 is 15.6 Å². The minimum absolute atomic E-state index is 0.206. The maximum Gasteiger partial charge on any atom is 0.279 e. The third-order valence-electron chi connectivity index (χ3n) is 2.20. The molecule has 96 valence electrons. The number of rotatable bonds is 2. The first kappa shape index (κ1) is 12.8. The second kappa shape index (κ2) is 5.80. The largest absolute Gasteiger partial charge is 0.361 e. The lowest BCUT2D eigenvalue weighted by Gasteiger charge is -2.01. The molecule has 0 aromatic carbocycles. The standard InChI is InChI=1S/C13H12N4O2/c1-9-7-11(17-19-9)13(18)16-12-8-10(3-2-5-14)4-6-15-12/h4,6-8H,5,14H2,1H3,(H,15,16,18). The van der Waals surface area contributed by atoms with Crippen molar-refractivity contribution in [2.45, 2.75) is 6.92 Å². The van der Waals surface area contributed by atoms with Crippen LogP contribution in [0.2, 0.25) is 0 Å². The normalized spacial score (nSPS) is 9.58. The van der Waals surface area contributed by atoms with Crippen LogP contribution in [0.5, 0.6) is 0 Å².